The van der Waals surface area contributed by atoms with Crippen LogP contribution < -0.4 is 10.6 Å². The van der Waals surface area contributed by atoms with E-state index in [4.69, 9.17) is 0 Å². The van der Waals surface area contributed by atoms with Crippen LogP contribution in [0.2, 0.25) is 0 Å². The Morgan fingerprint density at radius 1 is 1.11 bits per heavy atom. The van der Waals surface area contributed by atoms with Crippen LogP contribution in [0.1, 0.15) is 52.8 Å². The molecule has 0 aromatic carbocycles. The number of hydrogen-bond acceptors (Lipinski definition) is 4. The quantitative estimate of drug-likeness (QED) is 0.749. The summed E-state index contributed by atoms with van der Waals surface area (Å²) < 4.78 is 0. The number of nitrogens with one attached hydrogen (secondary N) is 2. The molecule has 0 amide bonds. The second-order valence-corrected chi connectivity index (χ2v) is 5.63. The zero-order valence-corrected chi connectivity index (χ0v) is 13.0. The second-order valence-electron chi connectivity index (χ2n) is 5.63. The Kier molecular flexibility index (Phi) is 6.60. The van der Waals surface area contributed by atoms with Crippen LogP contribution in [0, 0.1) is 12.8 Å². The minimum absolute atomic E-state index is 0.440. The molecule has 1 aromatic heterocycles. The molecule has 1 aromatic rings. The van der Waals surface area contributed by atoms with Gasteiger partial charge in [0.25, 0.3) is 0 Å². The summed E-state index contributed by atoms with van der Waals surface area (Å²) >= 11 is 0. The Hall–Kier alpha value is -1.32. The third-order valence-corrected chi connectivity index (χ3v) is 2.97. The predicted octanol–water partition coefficient (Wildman–Crippen LogP) is 3.84. The van der Waals surface area contributed by atoms with Crippen LogP contribution >= 0.6 is 0 Å². The van der Waals surface area contributed by atoms with Gasteiger partial charge in [0, 0.05) is 18.7 Å². The number of aryl methyl sites for hydroxylation is 1. The van der Waals surface area contributed by atoms with Crippen molar-refractivity contribution in [3.05, 3.63) is 11.9 Å². The van der Waals surface area contributed by atoms with Gasteiger partial charge in [0.1, 0.15) is 17.5 Å². The summed E-state index contributed by atoms with van der Waals surface area (Å²) in [5, 5.41) is 6.77. The third kappa shape index (κ3) is 6.41. The maximum atomic E-state index is 4.45. The molecule has 0 aliphatic rings. The topological polar surface area (TPSA) is 49.8 Å². The molecule has 4 heteroatoms. The Labute approximate surface area is 117 Å². The summed E-state index contributed by atoms with van der Waals surface area (Å²) in [4.78, 5) is 8.84. The molecule has 1 unspecified atom stereocenters. The molecule has 0 aliphatic carbocycles. The molecule has 1 rings (SSSR count). The van der Waals surface area contributed by atoms with Gasteiger partial charge >= 0.3 is 0 Å². The van der Waals surface area contributed by atoms with Crippen molar-refractivity contribution < 1.29 is 0 Å². The van der Waals surface area contributed by atoms with Gasteiger partial charge in [0.05, 0.1) is 0 Å². The molecule has 0 saturated heterocycles. The highest BCUT2D eigenvalue weighted by atomic mass is 15.1. The van der Waals surface area contributed by atoms with Crippen molar-refractivity contribution in [1.82, 2.24) is 9.97 Å². The van der Waals surface area contributed by atoms with E-state index >= 15 is 0 Å². The van der Waals surface area contributed by atoms with E-state index in [0.717, 1.165) is 36.3 Å². The van der Waals surface area contributed by atoms with E-state index in [1.165, 1.54) is 12.8 Å². The SMILES string of the molecule is CCCNc1cc(NC(C)CCC(C)C)nc(C)n1. The van der Waals surface area contributed by atoms with Gasteiger partial charge in [-0.2, -0.15) is 0 Å². The lowest BCUT2D eigenvalue weighted by Crippen LogP contribution is -2.17. The number of aromatic nitrogens is 2. The molecule has 0 radical (unpaired) electrons. The van der Waals surface area contributed by atoms with E-state index in [2.05, 4.69) is 48.3 Å². The van der Waals surface area contributed by atoms with Crippen LogP contribution in [0.4, 0.5) is 11.6 Å². The van der Waals surface area contributed by atoms with Crippen molar-refractivity contribution in [1.29, 1.82) is 0 Å². The van der Waals surface area contributed by atoms with Gasteiger partial charge in [-0.25, -0.2) is 9.97 Å². The van der Waals surface area contributed by atoms with Crippen molar-refractivity contribution in [2.24, 2.45) is 5.92 Å². The van der Waals surface area contributed by atoms with Crippen molar-refractivity contribution in [2.75, 3.05) is 17.2 Å². The molecule has 0 fully saturated rings. The molecular weight excluding hydrogens is 236 g/mol. The molecule has 4 nitrogen and oxygen atoms in total. The molecule has 0 saturated carbocycles. The predicted molar refractivity (Wildman–Crippen MR) is 82.7 cm³/mol. The second kappa shape index (κ2) is 7.97. The average molecular weight is 264 g/mol. The largest absolute Gasteiger partial charge is 0.370 e. The minimum atomic E-state index is 0.440. The van der Waals surface area contributed by atoms with E-state index in [0.29, 0.717) is 6.04 Å². The Morgan fingerprint density at radius 2 is 1.79 bits per heavy atom. The zero-order valence-electron chi connectivity index (χ0n) is 13.0. The number of rotatable bonds is 8. The van der Waals surface area contributed by atoms with Crippen LogP contribution in [-0.2, 0) is 0 Å². The van der Waals surface area contributed by atoms with Crippen molar-refractivity contribution in [2.45, 2.75) is 59.9 Å². The summed E-state index contributed by atoms with van der Waals surface area (Å²) in [6, 6.07) is 2.44. The highest BCUT2D eigenvalue weighted by Crippen LogP contribution is 2.15. The summed E-state index contributed by atoms with van der Waals surface area (Å²) in [6.07, 6.45) is 3.49. The molecule has 1 heterocycles. The first-order chi connectivity index (χ1) is 9.01. The van der Waals surface area contributed by atoms with E-state index in [-0.39, 0.29) is 0 Å². The van der Waals surface area contributed by atoms with Crippen LogP contribution in [-0.4, -0.2) is 22.6 Å². The number of hydrogen-bond donors (Lipinski definition) is 2. The number of nitrogens with zero attached hydrogens (tertiary/aromatic N) is 2. The van der Waals surface area contributed by atoms with Gasteiger partial charge in [0.2, 0.25) is 0 Å². The smallest absolute Gasteiger partial charge is 0.132 e. The van der Waals surface area contributed by atoms with Crippen molar-refractivity contribution in [3.63, 3.8) is 0 Å². The van der Waals surface area contributed by atoms with Crippen LogP contribution in [0.15, 0.2) is 6.07 Å². The fraction of sp³-hybridized carbons (Fsp3) is 0.733. The molecule has 19 heavy (non-hydrogen) atoms. The van der Waals surface area contributed by atoms with Gasteiger partial charge in [-0.1, -0.05) is 20.8 Å². The summed E-state index contributed by atoms with van der Waals surface area (Å²) in [6.45, 7) is 11.7. The lowest BCUT2D eigenvalue weighted by Gasteiger charge is -2.16. The van der Waals surface area contributed by atoms with Gasteiger partial charge in [0.15, 0.2) is 0 Å². The Bertz CT molecular complexity index is 376. The maximum Gasteiger partial charge on any atom is 0.132 e. The van der Waals surface area contributed by atoms with Crippen LogP contribution in [0.3, 0.4) is 0 Å². The maximum absolute atomic E-state index is 4.45. The van der Waals surface area contributed by atoms with Gasteiger partial charge in [-0.3, -0.25) is 0 Å². The van der Waals surface area contributed by atoms with Crippen LogP contribution in [0.25, 0.3) is 0 Å². The van der Waals surface area contributed by atoms with Gasteiger partial charge < -0.3 is 10.6 Å². The Balaban J connectivity index is 2.59. The summed E-state index contributed by atoms with van der Waals surface area (Å²) in [7, 11) is 0. The summed E-state index contributed by atoms with van der Waals surface area (Å²) in [5.74, 6) is 3.38. The molecule has 2 N–H and O–H groups in total. The minimum Gasteiger partial charge on any atom is -0.370 e. The lowest BCUT2D eigenvalue weighted by atomic mass is 10.0. The Morgan fingerprint density at radius 3 is 2.42 bits per heavy atom. The fourth-order valence-corrected chi connectivity index (χ4v) is 1.89. The average Bonchev–Trinajstić information content (AvgIpc) is 2.33. The van der Waals surface area contributed by atoms with Crippen molar-refractivity contribution in [3.8, 4) is 0 Å². The number of anilines is 2. The first kappa shape index (κ1) is 15.7. The molecular formula is C15H28N4. The zero-order chi connectivity index (χ0) is 14.3. The normalized spacial score (nSPS) is 12.5. The van der Waals surface area contributed by atoms with Crippen molar-refractivity contribution >= 4 is 11.6 Å². The molecule has 0 spiro atoms. The third-order valence-electron chi connectivity index (χ3n) is 2.97. The summed E-state index contributed by atoms with van der Waals surface area (Å²) in [5.41, 5.74) is 0. The van der Waals surface area contributed by atoms with E-state index in [1.807, 2.05) is 13.0 Å². The van der Waals surface area contributed by atoms with Gasteiger partial charge in [-0.05, 0) is 39.0 Å². The highest BCUT2D eigenvalue weighted by molar-refractivity contribution is 5.47. The van der Waals surface area contributed by atoms with E-state index < -0.39 is 0 Å². The standard InChI is InChI=1S/C15H28N4/c1-6-9-16-14-10-15(19-13(5)18-14)17-12(4)8-7-11(2)3/h10-12H,6-9H2,1-5H3,(H2,16,17,18,19). The first-order valence-corrected chi connectivity index (χ1v) is 7.37. The lowest BCUT2D eigenvalue weighted by molar-refractivity contribution is 0.527. The monoisotopic (exact) mass is 264 g/mol. The molecule has 1 atom stereocenters. The molecule has 0 aliphatic heterocycles. The molecule has 0 bridgehead atoms. The van der Waals surface area contributed by atoms with Crippen LogP contribution in [0.5, 0.6) is 0 Å². The van der Waals surface area contributed by atoms with Gasteiger partial charge in [-0.15, -0.1) is 0 Å². The first-order valence-electron chi connectivity index (χ1n) is 7.37. The van der Waals surface area contributed by atoms with E-state index in [9.17, 15) is 0 Å². The molecule has 108 valence electrons. The fourth-order valence-electron chi connectivity index (χ4n) is 1.89. The van der Waals surface area contributed by atoms with E-state index in [1.54, 1.807) is 0 Å². The highest BCUT2D eigenvalue weighted by Gasteiger charge is 2.06.